The van der Waals surface area contributed by atoms with Gasteiger partial charge in [0, 0.05) is 12.6 Å². The van der Waals surface area contributed by atoms with Crippen LogP contribution in [-0.2, 0) is 12.4 Å². The zero-order valence-electron chi connectivity index (χ0n) is 12.6. The van der Waals surface area contributed by atoms with Crippen LogP contribution in [-0.4, -0.2) is 33.7 Å². The summed E-state index contributed by atoms with van der Waals surface area (Å²) in [5.74, 6) is 3.16. The molecular formula is C15H22ClN3OS. The number of aromatic nitrogens is 3. The van der Waals surface area contributed by atoms with E-state index in [2.05, 4.69) is 20.8 Å². The van der Waals surface area contributed by atoms with Crippen molar-refractivity contribution in [2.75, 3.05) is 19.1 Å². The Bertz CT molecular complexity index is 573. The molecule has 0 spiro atoms. The number of hydrogen-bond acceptors (Lipinski definition) is 4. The van der Waals surface area contributed by atoms with Crippen LogP contribution in [0, 0.1) is 0 Å². The molecule has 0 radical (unpaired) electrons. The highest BCUT2D eigenvalue weighted by molar-refractivity contribution is 7.98. The van der Waals surface area contributed by atoms with Crippen molar-refractivity contribution in [3.8, 4) is 5.88 Å². The highest BCUT2D eigenvalue weighted by Gasteiger charge is 2.11. The Kier molecular flexibility index (Phi) is 6.64. The van der Waals surface area contributed by atoms with E-state index >= 15 is 0 Å². The summed E-state index contributed by atoms with van der Waals surface area (Å²) in [6, 6.07) is 3.77. The molecule has 0 aliphatic carbocycles. The van der Waals surface area contributed by atoms with E-state index in [1.165, 1.54) is 25.0 Å². The molecule has 0 aliphatic rings. The van der Waals surface area contributed by atoms with E-state index in [1.54, 1.807) is 7.11 Å². The first-order chi connectivity index (χ1) is 10.3. The summed E-state index contributed by atoms with van der Waals surface area (Å²) >= 11 is 7.93. The van der Waals surface area contributed by atoms with Crippen molar-refractivity contribution >= 4 is 34.5 Å². The molecule has 0 N–H and O–H groups in total. The second-order valence-electron chi connectivity index (χ2n) is 4.92. The number of halogens is 1. The van der Waals surface area contributed by atoms with Crippen LogP contribution in [0.5, 0.6) is 5.88 Å². The van der Waals surface area contributed by atoms with Gasteiger partial charge in [0.25, 0.3) is 0 Å². The second kappa shape index (κ2) is 8.49. The highest BCUT2D eigenvalue weighted by Crippen LogP contribution is 2.20. The van der Waals surface area contributed by atoms with Gasteiger partial charge in [0.15, 0.2) is 5.65 Å². The molecule has 0 saturated carbocycles. The monoisotopic (exact) mass is 327 g/mol. The Morgan fingerprint density at radius 3 is 2.71 bits per heavy atom. The minimum absolute atomic E-state index is 0.408. The number of ether oxygens (including phenoxy) is 1. The van der Waals surface area contributed by atoms with Crippen molar-refractivity contribution in [2.24, 2.45) is 0 Å². The number of pyridine rings is 1. The van der Waals surface area contributed by atoms with Crippen molar-refractivity contribution in [1.29, 1.82) is 0 Å². The first-order valence-electron chi connectivity index (χ1n) is 7.25. The molecule has 0 aromatic carbocycles. The third-order valence-electron chi connectivity index (χ3n) is 3.45. The normalized spacial score (nSPS) is 11.2. The lowest BCUT2D eigenvalue weighted by atomic mass is 10.2. The average molecular weight is 328 g/mol. The van der Waals surface area contributed by atoms with Gasteiger partial charge in [-0.05, 0) is 30.9 Å². The predicted molar refractivity (Wildman–Crippen MR) is 90.5 cm³/mol. The van der Waals surface area contributed by atoms with Gasteiger partial charge in [0.1, 0.15) is 11.3 Å². The van der Waals surface area contributed by atoms with E-state index in [9.17, 15) is 0 Å². The molecule has 6 heteroatoms. The van der Waals surface area contributed by atoms with Crippen molar-refractivity contribution < 1.29 is 4.74 Å². The number of imidazole rings is 1. The van der Waals surface area contributed by atoms with Crippen LogP contribution in [0.2, 0.25) is 0 Å². The Morgan fingerprint density at radius 2 is 2.00 bits per heavy atom. The lowest BCUT2D eigenvalue weighted by Gasteiger charge is -2.07. The quantitative estimate of drug-likeness (QED) is 0.513. The number of unbranched alkanes of at least 4 members (excludes halogenated alkanes) is 3. The van der Waals surface area contributed by atoms with Gasteiger partial charge >= 0.3 is 0 Å². The van der Waals surface area contributed by atoms with Crippen LogP contribution in [0.3, 0.4) is 0 Å². The molecule has 0 bridgehead atoms. The standard InChI is InChI=1S/C15H22ClN3OS/c1-20-14-8-7-12-15(18-14)19(13(11-16)17-12)9-5-3-4-6-10-21-2/h7-8H,3-6,9-11H2,1-2H3. The number of nitrogens with zero attached hydrogens (tertiary/aromatic N) is 3. The van der Waals surface area contributed by atoms with Crippen molar-refractivity contribution in [3.63, 3.8) is 0 Å². The molecule has 0 saturated heterocycles. The van der Waals surface area contributed by atoms with E-state index in [4.69, 9.17) is 16.3 Å². The van der Waals surface area contributed by atoms with Gasteiger partial charge < -0.3 is 9.30 Å². The molecule has 0 fully saturated rings. The number of aryl methyl sites for hydroxylation is 1. The van der Waals surface area contributed by atoms with Gasteiger partial charge in [-0.25, -0.2) is 4.98 Å². The number of hydrogen-bond donors (Lipinski definition) is 0. The number of thioether (sulfide) groups is 1. The smallest absolute Gasteiger partial charge is 0.215 e. The molecule has 0 atom stereocenters. The van der Waals surface area contributed by atoms with Crippen molar-refractivity contribution in [2.45, 2.75) is 38.1 Å². The summed E-state index contributed by atoms with van der Waals surface area (Å²) in [5.41, 5.74) is 1.75. The van der Waals surface area contributed by atoms with Crippen LogP contribution in [0.1, 0.15) is 31.5 Å². The number of methoxy groups -OCH3 is 1. The Hall–Kier alpha value is -0.940. The highest BCUT2D eigenvalue weighted by atomic mass is 35.5. The van der Waals surface area contributed by atoms with Crippen LogP contribution < -0.4 is 4.74 Å². The van der Waals surface area contributed by atoms with Gasteiger partial charge in [-0.15, -0.1) is 11.6 Å². The van der Waals surface area contributed by atoms with E-state index in [1.807, 2.05) is 23.9 Å². The van der Waals surface area contributed by atoms with Crippen LogP contribution >= 0.6 is 23.4 Å². The van der Waals surface area contributed by atoms with Gasteiger partial charge in [-0.1, -0.05) is 12.8 Å². The Balaban J connectivity index is 2.05. The van der Waals surface area contributed by atoms with E-state index in [-0.39, 0.29) is 0 Å². The molecular weight excluding hydrogens is 306 g/mol. The van der Waals surface area contributed by atoms with Crippen LogP contribution in [0.25, 0.3) is 11.2 Å². The van der Waals surface area contributed by atoms with Crippen LogP contribution in [0.15, 0.2) is 12.1 Å². The largest absolute Gasteiger partial charge is 0.481 e. The maximum atomic E-state index is 6.01. The molecule has 0 unspecified atom stereocenters. The minimum Gasteiger partial charge on any atom is -0.481 e. The van der Waals surface area contributed by atoms with Gasteiger partial charge in [0.05, 0.1) is 13.0 Å². The van der Waals surface area contributed by atoms with Gasteiger partial charge in [-0.2, -0.15) is 16.7 Å². The van der Waals surface area contributed by atoms with E-state index < -0.39 is 0 Å². The maximum absolute atomic E-state index is 6.01. The fourth-order valence-electron chi connectivity index (χ4n) is 2.35. The topological polar surface area (TPSA) is 39.9 Å². The second-order valence-corrected chi connectivity index (χ2v) is 6.17. The Morgan fingerprint density at radius 1 is 1.19 bits per heavy atom. The molecule has 0 aliphatic heterocycles. The summed E-state index contributed by atoms with van der Waals surface area (Å²) < 4.78 is 7.33. The van der Waals surface area contributed by atoms with E-state index in [0.717, 1.165) is 30.0 Å². The predicted octanol–water partition coefficient (Wildman–Crippen LogP) is 4.10. The van der Waals surface area contributed by atoms with Gasteiger partial charge in [0.2, 0.25) is 5.88 Å². The van der Waals surface area contributed by atoms with Crippen molar-refractivity contribution in [3.05, 3.63) is 18.0 Å². The molecule has 2 aromatic heterocycles. The number of rotatable bonds is 9. The fraction of sp³-hybridized carbons (Fsp3) is 0.600. The number of alkyl halides is 1. The van der Waals surface area contributed by atoms with Gasteiger partial charge in [-0.3, -0.25) is 0 Å². The number of fused-ring (bicyclic) bond motifs is 1. The summed E-state index contributed by atoms with van der Waals surface area (Å²) in [6.07, 6.45) is 7.08. The van der Waals surface area contributed by atoms with E-state index in [0.29, 0.717) is 11.8 Å². The maximum Gasteiger partial charge on any atom is 0.215 e. The lowest BCUT2D eigenvalue weighted by Crippen LogP contribution is -2.04. The van der Waals surface area contributed by atoms with Crippen LogP contribution in [0.4, 0.5) is 0 Å². The Labute approximate surface area is 135 Å². The molecule has 2 aromatic rings. The molecule has 0 amide bonds. The lowest BCUT2D eigenvalue weighted by molar-refractivity contribution is 0.398. The fourth-order valence-corrected chi connectivity index (χ4v) is 3.05. The molecule has 2 rings (SSSR count). The summed E-state index contributed by atoms with van der Waals surface area (Å²) in [6.45, 7) is 0.915. The summed E-state index contributed by atoms with van der Waals surface area (Å²) in [5, 5.41) is 0. The molecule has 21 heavy (non-hydrogen) atoms. The first kappa shape index (κ1) is 16.4. The third-order valence-corrected chi connectivity index (χ3v) is 4.39. The third kappa shape index (κ3) is 4.27. The molecule has 4 nitrogen and oxygen atoms in total. The first-order valence-corrected chi connectivity index (χ1v) is 9.18. The molecule has 116 valence electrons. The molecule has 2 heterocycles. The minimum atomic E-state index is 0.408. The SMILES string of the molecule is COc1ccc2nc(CCl)n(CCCCCCSC)c2n1. The zero-order valence-corrected chi connectivity index (χ0v) is 14.2. The van der Waals surface area contributed by atoms with Crippen molar-refractivity contribution in [1.82, 2.24) is 14.5 Å². The summed E-state index contributed by atoms with van der Waals surface area (Å²) in [7, 11) is 1.63. The zero-order chi connectivity index (χ0) is 15.1. The average Bonchev–Trinajstić information content (AvgIpc) is 2.87. The summed E-state index contributed by atoms with van der Waals surface area (Å²) in [4.78, 5) is 9.05.